The highest BCUT2D eigenvalue weighted by Crippen LogP contribution is 2.40. The van der Waals surface area contributed by atoms with Gasteiger partial charge < -0.3 is 9.64 Å². The molecule has 0 bridgehead atoms. The van der Waals surface area contributed by atoms with E-state index in [-0.39, 0.29) is 11.3 Å². The van der Waals surface area contributed by atoms with E-state index in [0.717, 1.165) is 49.7 Å². The molecular formula is C23H30N4O2. The average molecular weight is 395 g/mol. The first-order valence-electron chi connectivity index (χ1n) is 10.5. The van der Waals surface area contributed by atoms with Crippen LogP contribution in [0.15, 0.2) is 36.7 Å². The molecule has 2 aliphatic heterocycles. The van der Waals surface area contributed by atoms with Crippen LogP contribution in [0, 0.1) is 12.3 Å². The average Bonchev–Trinajstić information content (AvgIpc) is 2.73. The van der Waals surface area contributed by atoms with Gasteiger partial charge in [-0.1, -0.05) is 18.2 Å². The van der Waals surface area contributed by atoms with E-state index in [0.29, 0.717) is 13.0 Å². The molecule has 2 aliphatic rings. The maximum atomic E-state index is 12.6. The Morgan fingerprint density at radius 3 is 2.76 bits per heavy atom. The van der Waals surface area contributed by atoms with Crippen molar-refractivity contribution in [1.82, 2.24) is 19.8 Å². The van der Waals surface area contributed by atoms with Crippen LogP contribution in [0.4, 0.5) is 0 Å². The van der Waals surface area contributed by atoms with Gasteiger partial charge in [-0.25, -0.2) is 0 Å². The standard InChI is InChI=1S/C23H30N4O2/c1-18-12-25-20(13-24-18)15-27-17-23(10-8-22(27)28)9-5-11-26(16-23)14-19-6-3-4-7-21(19)29-2/h3-4,6-7,12-13H,5,8-11,14-17H2,1-2H3/t23-/m0/s1. The minimum atomic E-state index is 0.173. The SMILES string of the molecule is COc1ccccc1CN1CCC[C@]2(CCC(=O)N(Cc3cnc(C)cn3)C2)C1. The molecule has 1 spiro atoms. The highest BCUT2D eigenvalue weighted by atomic mass is 16.5. The Morgan fingerprint density at radius 2 is 1.97 bits per heavy atom. The number of methoxy groups -OCH3 is 1. The molecule has 0 aliphatic carbocycles. The van der Waals surface area contributed by atoms with Gasteiger partial charge in [-0.15, -0.1) is 0 Å². The summed E-state index contributed by atoms with van der Waals surface area (Å²) < 4.78 is 5.54. The molecule has 6 heteroatoms. The maximum absolute atomic E-state index is 12.6. The van der Waals surface area contributed by atoms with Crippen LogP contribution >= 0.6 is 0 Å². The van der Waals surface area contributed by atoms with Crippen LogP contribution in [0.25, 0.3) is 0 Å². The number of hydrogen-bond acceptors (Lipinski definition) is 5. The van der Waals surface area contributed by atoms with Gasteiger partial charge in [0.15, 0.2) is 0 Å². The summed E-state index contributed by atoms with van der Waals surface area (Å²) in [4.78, 5) is 25.9. The van der Waals surface area contributed by atoms with Gasteiger partial charge in [0, 0.05) is 43.2 Å². The molecular weight excluding hydrogens is 364 g/mol. The van der Waals surface area contributed by atoms with Crippen LogP contribution in [-0.4, -0.2) is 52.4 Å². The van der Waals surface area contributed by atoms with Crippen molar-refractivity contribution in [2.75, 3.05) is 26.7 Å². The Bertz CT molecular complexity index is 854. The molecule has 1 atom stereocenters. The molecule has 4 rings (SSSR count). The topological polar surface area (TPSA) is 58.6 Å². The maximum Gasteiger partial charge on any atom is 0.222 e. The number of carbonyl (C=O) groups is 1. The molecule has 1 amide bonds. The smallest absolute Gasteiger partial charge is 0.222 e. The van der Waals surface area contributed by atoms with Gasteiger partial charge in [-0.05, 0) is 38.8 Å². The first-order valence-corrected chi connectivity index (χ1v) is 10.5. The molecule has 0 saturated carbocycles. The van der Waals surface area contributed by atoms with Crippen molar-refractivity contribution in [3.8, 4) is 5.75 Å². The number of aryl methyl sites for hydroxylation is 1. The Labute approximate surface area is 172 Å². The molecule has 29 heavy (non-hydrogen) atoms. The van der Waals surface area contributed by atoms with Crippen molar-refractivity contribution in [3.05, 3.63) is 53.6 Å². The number of benzene rings is 1. The minimum absolute atomic E-state index is 0.173. The van der Waals surface area contributed by atoms with Crippen LogP contribution < -0.4 is 4.74 Å². The van der Waals surface area contributed by atoms with Crippen molar-refractivity contribution >= 4 is 5.91 Å². The van der Waals surface area contributed by atoms with Gasteiger partial charge in [0.2, 0.25) is 5.91 Å². The largest absolute Gasteiger partial charge is 0.496 e. The third kappa shape index (κ3) is 4.58. The molecule has 154 valence electrons. The molecule has 2 fully saturated rings. The number of amides is 1. The minimum Gasteiger partial charge on any atom is -0.496 e. The number of hydrogen-bond donors (Lipinski definition) is 0. The first kappa shape index (κ1) is 19.8. The number of carbonyl (C=O) groups excluding carboxylic acids is 1. The summed E-state index contributed by atoms with van der Waals surface area (Å²) in [5, 5.41) is 0. The van der Waals surface area contributed by atoms with Crippen LogP contribution in [0.2, 0.25) is 0 Å². The lowest BCUT2D eigenvalue weighted by atomic mass is 9.73. The number of ether oxygens (including phenoxy) is 1. The fourth-order valence-electron chi connectivity index (χ4n) is 4.80. The van der Waals surface area contributed by atoms with Gasteiger partial charge in [0.1, 0.15) is 5.75 Å². The Morgan fingerprint density at radius 1 is 1.10 bits per heavy atom. The van der Waals surface area contributed by atoms with Crippen molar-refractivity contribution in [1.29, 1.82) is 0 Å². The third-order valence-electron chi connectivity index (χ3n) is 6.26. The molecule has 1 aromatic carbocycles. The number of rotatable bonds is 5. The van der Waals surface area contributed by atoms with Gasteiger partial charge in [0.25, 0.3) is 0 Å². The summed E-state index contributed by atoms with van der Waals surface area (Å²) in [5.74, 6) is 1.19. The van der Waals surface area contributed by atoms with E-state index < -0.39 is 0 Å². The molecule has 6 nitrogen and oxygen atoms in total. The van der Waals surface area contributed by atoms with Crippen molar-refractivity contribution in [2.24, 2.45) is 5.41 Å². The Balaban J connectivity index is 1.45. The highest BCUT2D eigenvalue weighted by Gasteiger charge is 2.41. The number of likely N-dealkylation sites (tertiary alicyclic amines) is 2. The number of nitrogens with zero attached hydrogens (tertiary/aromatic N) is 4. The van der Waals surface area contributed by atoms with Gasteiger partial charge in [0.05, 0.1) is 31.2 Å². The zero-order chi connectivity index (χ0) is 20.3. The molecule has 0 N–H and O–H groups in total. The predicted molar refractivity (Wildman–Crippen MR) is 111 cm³/mol. The zero-order valence-corrected chi connectivity index (χ0v) is 17.4. The molecule has 2 saturated heterocycles. The predicted octanol–water partition coefficient (Wildman–Crippen LogP) is 3.20. The lowest BCUT2D eigenvalue weighted by molar-refractivity contribution is -0.140. The molecule has 2 aromatic rings. The number of aromatic nitrogens is 2. The Kier molecular flexibility index (Phi) is 5.81. The third-order valence-corrected chi connectivity index (χ3v) is 6.26. The normalized spacial score (nSPS) is 22.8. The first-order chi connectivity index (χ1) is 14.1. The fourth-order valence-corrected chi connectivity index (χ4v) is 4.80. The van der Waals surface area contributed by atoms with E-state index in [1.54, 1.807) is 19.5 Å². The molecule has 3 heterocycles. The molecule has 1 aromatic heterocycles. The zero-order valence-electron chi connectivity index (χ0n) is 17.4. The summed E-state index contributed by atoms with van der Waals surface area (Å²) in [7, 11) is 1.73. The number of para-hydroxylation sites is 1. The van der Waals surface area contributed by atoms with Crippen molar-refractivity contribution in [2.45, 2.75) is 45.7 Å². The second-order valence-corrected chi connectivity index (χ2v) is 8.52. The summed E-state index contributed by atoms with van der Waals surface area (Å²) in [5.41, 5.74) is 3.16. The van der Waals surface area contributed by atoms with Crippen LogP contribution in [0.5, 0.6) is 5.75 Å². The highest BCUT2D eigenvalue weighted by molar-refractivity contribution is 5.77. The summed E-state index contributed by atoms with van der Waals surface area (Å²) in [6.07, 6.45) is 7.51. The summed E-state index contributed by atoms with van der Waals surface area (Å²) in [6, 6.07) is 8.26. The van der Waals surface area contributed by atoms with E-state index >= 15 is 0 Å². The van der Waals surface area contributed by atoms with Gasteiger partial charge in [-0.3, -0.25) is 19.7 Å². The number of piperidine rings is 2. The van der Waals surface area contributed by atoms with E-state index in [1.807, 2.05) is 24.0 Å². The monoisotopic (exact) mass is 394 g/mol. The second-order valence-electron chi connectivity index (χ2n) is 8.52. The quantitative estimate of drug-likeness (QED) is 0.779. The molecule has 0 unspecified atom stereocenters. The van der Waals surface area contributed by atoms with E-state index in [9.17, 15) is 4.79 Å². The van der Waals surface area contributed by atoms with E-state index in [1.165, 1.54) is 18.4 Å². The van der Waals surface area contributed by atoms with E-state index in [2.05, 4.69) is 27.0 Å². The summed E-state index contributed by atoms with van der Waals surface area (Å²) in [6.45, 7) is 6.30. The Hall–Kier alpha value is -2.47. The second kappa shape index (κ2) is 8.49. The van der Waals surface area contributed by atoms with Crippen LogP contribution in [0.3, 0.4) is 0 Å². The van der Waals surface area contributed by atoms with Crippen molar-refractivity contribution in [3.63, 3.8) is 0 Å². The van der Waals surface area contributed by atoms with Gasteiger partial charge >= 0.3 is 0 Å². The van der Waals surface area contributed by atoms with E-state index in [4.69, 9.17) is 4.74 Å². The lowest BCUT2D eigenvalue weighted by Gasteiger charge is -2.48. The summed E-state index contributed by atoms with van der Waals surface area (Å²) >= 11 is 0. The lowest BCUT2D eigenvalue weighted by Crippen LogP contribution is -2.53. The van der Waals surface area contributed by atoms with Gasteiger partial charge in [-0.2, -0.15) is 0 Å². The molecule has 0 radical (unpaired) electrons. The van der Waals surface area contributed by atoms with Crippen LogP contribution in [0.1, 0.15) is 42.6 Å². The van der Waals surface area contributed by atoms with Crippen molar-refractivity contribution < 1.29 is 9.53 Å². The fraction of sp³-hybridized carbons (Fsp3) is 0.522. The van der Waals surface area contributed by atoms with Crippen LogP contribution in [-0.2, 0) is 17.9 Å².